The van der Waals surface area contributed by atoms with E-state index in [1.54, 1.807) is 0 Å². The lowest BCUT2D eigenvalue weighted by Gasteiger charge is -2.11. The molecule has 0 spiro atoms. The minimum absolute atomic E-state index is 0.400. The first-order valence-corrected chi connectivity index (χ1v) is 10.3. The molecule has 0 N–H and O–H groups in total. The Morgan fingerprint density at radius 2 is 1.07 bits per heavy atom. The second kappa shape index (κ2) is 5.99. The molecule has 4 aromatic carbocycles. The fourth-order valence-electron chi connectivity index (χ4n) is 4.96. The Balaban J connectivity index is 1.92. The molecule has 0 aliphatic rings. The Labute approximate surface area is 169 Å². The Bertz CT molecular complexity index is 1510. The fourth-order valence-corrected chi connectivity index (χ4v) is 4.96. The van der Waals surface area contributed by atoms with Crippen molar-refractivity contribution in [1.29, 1.82) is 0 Å². The van der Waals surface area contributed by atoms with Gasteiger partial charge in [-0.05, 0) is 50.2 Å². The summed E-state index contributed by atoms with van der Waals surface area (Å²) in [4.78, 5) is 0. The topological polar surface area (TPSA) is 9.86 Å². The summed E-state index contributed by atoms with van der Waals surface area (Å²) in [5.74, 6) is 0. The van der Waals surface area contributed by atoms with Crippen LogP contribution in [0.15, 0.2) is 91.0 Å². The van der Waals surface area contributed by atoms with Gasteiger partial charge in [-0.25, -0.2) is 0 Å². The van der Waals surface area contributed by atoms with Gasteiger partial charge in [-0.1, -0.05) is 54.6 Å². The second-order valence-corrected chi connectivity index (χ2v) is 8.02. The summed E-state index contributed by atoms with van der Waals surface area (Å²) in [6.07, 6.45) is 0. The third kappa shape index (κ3) is 2.17. The maximum absolute atomic E-state index is 2.47. The molecule has 0 saturated carbocycles. The number of fused-ring (bicyclic) bond motifs is 7. The summed E-state index contributed by atoms with van der Waals surface area (Å²) in [6.45, 7) is 4.53. The molecule has 29 heavy (non-hydrogen) atoms. The predicted molar refractivity (Wildman–Crippen MR) is 124 cm³/mol. The summed E-state index contributed by atoms with van der Waals surface area (Å²) in [6, 6.07) is 33.3. The van der Waals surface area contributed by atoms with Crippen molar-refractivity contribution in [3.8, 4) is 5.69 Å². The van der Waals surface area contributed by atoms with Gasteiger partial charge in [0.2, 0.25) is 0 Å². The number of benzene rings is 4. The van der Waals surface area contributed by atoms with Gasteiger partial charge in [0.25, 0.3) is 0 Å². The molecule has 2 nitrogen and oxygen atoms in total. The van der Waals surface area contributed by atoms with Gasteiger partial charge in [0.1, 0.15) is 0 Å². The van der Waals surface area contributed by atoms with E-state index in [1.165, 1.54) is 49.3 Å². The summed E-state index contributed by atoms with van der Waals surface area (Å²) < 4.78 is 4.87. The molecule has 140 valence electrons. The Hall–Kier alpha value is -3.52. The highest BCUT2D eigenvalue weighted by Crippen LogP contribution is 2.41. The van der Waals surface area contributed by atoms with Crippen LogP contribution < -0.4 is 0 Å². The maximum atomic E-state index is 2.47. The van der Waals surface area contributed by atoms with Crippen molar-refractivity contribution in [2.45, 2.75) is 19.9 Å². The van der Waals surface area contributed by atoms with Crippen molar-refractivity contribution in [2.24, 2.45) is 0 Å². The quantitative estimate of drug-likeness (QED) is 0.297. The standard InChI is InChI=1S/C27H22N2/c1-18(2)28-22-14-8-6-12-20(22)26-24(28)16-17-25-27(26)21-13-7-9-15-23(21)29(25)19-10-4-3-5-11-19/h3-18H,1-2H3. The molecule has 0 saturated heterocycles. The van der Waals surface area contributed by atoms with E-state index < -0.39 is 0 Å². The van der Waals surface area contributed by atoms with Gasteiger partial charge >= 0.3 is 0 Å². The number of hydrogen-bond acceptors (Lipinski definition) is 0. The monoisotopic (exact) mass is 374 g/mol. The lowest BCUT2D eigenvalue weighted by atomic mass is 10.1. The van der Waals surface area contributed by atoms with E-state index in [0.29, 0.717) is 6.04 Å². The molecular formula is C27H22N2. The highest BCUT2D eigenvalue weighted by molar-refractivity contribution is 6.28. The minimum Gasteiger partial charge on any atom is -0.338 e. The molecule has 2 heteroatoms. The third-order valence-electron chi connectivity index (χ3n) is 6.04. The van der Waals surface area contributed by atoms with Gasteiger partial charge < -0.3 is 9.13 Å². The molecule has 0 amide bonds. The highest BCUT2D eigenvalue weighted by atomic mass is 15.0. The molecule has 0 aliphatic carbocycles. The van der Waals surface area contributed by atoms with Crippen LogP contribution in [0.1, 0.15) is 19.9 Å². The van der Waals surface area contributed by atoms with Crippen LogP contribution in [0.3, 0.4) is 0 Å². The van der Waals surface area contributed by atoms with Crippen molar-refractivity contribution in [3.05, 3.63) is 91.0 Å². The Morgan fingerprint density at radius 1 is 0.517 bits per heavy atom. The SMILES string of the molecule is CC(C)n1c2ccccc2c2c3c4ccccc4n(-c4ccccc4)c3ccc21. The molecule has 0 unspecified atom stereocenters. The Morgan fingerprint density at radius 3 is 1.79 bits per heavy atom. The lowest BCUT2D eigenvalue weighted by Crippen LogP contribution is -1.99. The average Bonchev–Trinajstić information content (AvgIpc) is 3.27. The van der Waals surface area contributed by atoms with E-state index in [2.05, 4.69) is 114 Å². The van der Waals surface area contributed by atoms with E-state index >= 15 is 0 Å². The number of nitrogens with zero attached hydrogens (tertiary/aromatic N) is 2. The van der Waals surface area contributed by atoms with Crippen molar-refractivity contribution in [1.82, 2.24) is 9.13 Å². The summed E-state index contributed by atoms with van der Waals surface area (Å²) in [7, 11) is 0. The van der Waals surface area contributed by atoms with Crippen LogP contribution in [-0.2, 0) is 0 Å². The largest absolute Gasteiger partial charge is 0.338 e. The van der Waals surface area contributed by atoms with Crippen molar-refractivity contribution in [2.75, 3.05) is 0 Å². The molecule has 0 bridgehead atoms. The van der Waals surface area contributed by atoms with Crippen molar-refractivity contribution in [3.63, 3.8) is 0 Å². The molecule has 6 aromatic rings. The van der Waals surface area contributed by atoms with E-state index in [9.17, 15) is 0 Å². The van der Waals surface area contributed by atoms with Gasteiger partial charge in [0.05, 0.1) is 16.6 Å². The minimum atomic E-state index is 0.400. The van der Waals surface area contributed by atoms with Crippen LogP contribution >= 0.6 is 0 Å². The van der Waals surface area contributed by atoms with Gasteiger partial charge in [0.15, 0.2) is 0 Å². The average molecular weight is 374 g/mol. The zero-order valence-electron chi connectivity index (χ0n) is 16.6. The van der Waals surface area contributed by atoms with Gasteiger partial charge in [-0.2, -0.15) is 0 Å². The smallest absolute Gasteiger partial charge is 0.0548 e. The lowest BCUT2D eigenvalue weighted by molar-refractivity contribution is 0.642. The first kappa shape index (κ1) is 16.4. The first-order valence-electron chi connectivity index (χ1n) is 10.3. The fraction of sp³-hybridized carbons (Fsp3) is 0.111. The number of hydrogen-bond donors (Lipinski definition) is 0. The molecule has 0 atom stereocenters. The maximum Gasteiger partial charge on any atom is 0.0548 e. The normalized spacial score (nSPS) is 12.1. The molecular weight excluding hydrogens is 352 g/mol. The third-order valence-corrected chi connectivity index (χ3v) is 6.04. The van der Waals surface area contributed by atoms with E-state index in [-0.39, 0.29) is 0 Å². The molecule has 2 heterocycles. The van der Waals surface area contributed by atoms with Crippen LogP contribution in [0.2, 0.25) is 0 Å². The summed E-state index contributed by atoms with van der Waals surface area (Å²) in [5, 5.41) is 5.34. The van der Waals surface area contributed by atoms with E-state index in [4.69, 9.17) is 0 Å². The number of para-hydroxylation sites is 3. The zero-order valence-corrected chi connectivity index (χ0v) is 16.6. The van der Waals surface area contributed by atoms with Crippen LogP contribution in [-0.4, -0.2) is 9.13 Å². The van der Waals surface area contributed by atoms with E-state index in [1.807, 2.05) is 0 Å². The summed E-state index contributed by atoms with van der Waals surface area (Å²) >= 11 is 0. The van der Waals surface area contributed by atoms with E-state index in [0.717, 1.165) is 0 Å². The van der Waals surface area contributed by atoms with Crippen LogP contribution in [0.25, 0.3) is 49.3 Å². The van der Waals surface area contributed by atoms with Crippen LogP contribution in [0.5, 0.6) is 0 Å². The zero-order chi connectivity index (χ0) is 19.5. The van der Waals surface area contributed by atoms with Crippen molar-refractivity contribution < 1.29 is 0 Å². The molecule has 2 aromatic heterocycles. The molecule has 6 rings (SSSR count). The number of aromatic nitrogens is 2. The molecule has 0 aliphatic heterocycles. The van der Waals surface area contributed by atoms with Crippen LogP contribution in [0.4, 0.5) is 0 Å². The first-order chi connectivity index (χ1) is 14.3. The van der Waals surface area contributed by atoms with Gasteiger partial charge in [-0.3, -0.25) is 0 Å². The van der Waals surface area contributed by atoms with Crippen molar-refractivity contribution >= 4 is 43.6 Å². The summed E-state index contributed by atoms with van der Waals surface area (Å²) in [5.41, 5.74) is 6.33. The Kier molecular flexibility index (Phi) is 3.39. The number of rotatable bonds is 2. The van der Waals surface area contributed by atoms with Gasteiger partial charge in [-0.15, -0.1) is 0 Å². The predicted octanol–water partition coefficient (Wildman–Crippen LogP) is 7.47. The van der Waals surface area contributed by atoms with Crippen LogP contribution in [0, 0.1) is 0 Å². The molecule has 0 radical (unpaired) electrons. The second-order valence-electron chi connectivity index (χ2n) is 8.02. The highest BCUT2D eigenvalue weighted by Gasteiger charge is 2.19. The van der Waals surface area contributed by atoms with Gasteiger partial charge in [0, 0.05) is 38.8 Å². The molecule has 0 fully saturated rings.